The van der Waals surface area contributed by atoms with Crippen molar-refractivity contribution in [3.8, 4) is 23.1 Å². The number of furan rings is 1. The third-order valence-electron chi connectivity index (χ3n) is 6.45. The largest absolute Gasteiger partial charge is 0.490 e. The third kappa shape index (κ3) is 5.60. The second kappa shape index (κ2) is 12.1. The van der Waals surface area contributed by atoms with Gasteiger partial charge >= 0.3 is 0 Å². The van der Waals surface area contributed by atoms with E-state index in [-0.39, 0.29) is 11.4 Å². The first-order valence-corrected chi connectivity index (χ1v) is 15.0. The number of halogens is 3. The van der Waals surface area contributed by atoms with Crippen LogP contribution in [-0.2, 0) is 6.61 Å². The number of benzene rings is 4. The predicted molar refractivity (Wildman–Crippen MR) is 173 cm³/mol. The Balaban J connectivity index is 1.45. The van der Waals surface area contributed by atoms with E-state index in [2.05, 4.69) is 37.0 Å². The second-order valence-corrected chi connectivity index (χ2v) is 11.3. The molecule has 42 heavy (non-hydrogen) atoms. The maximum Gasteiger partial charge on any atom is 0.282 e. The standard InChI is InChI=1S/C32H22Br2ClN3O4/c1-2-40-26-16-21(28(34)29(35)30(26)41-18-19-8-4-3-5-9-19)17-36-38-31(37-24-11-7-6-10-23(24)32(38)39)27-15-20-14-22(33)12-13-25(20)42-27/h3-17H,2,18H2,1H3. The molecule has 7 nitrogen and oxygen atoms in total. The van der Waals surface area contributed by atoms with Gasteiger partial charge in [0.25, 0.3) is 5.56 Å². The molecular formula is C32H22Br2ClN3O4. The molecule has 0 amide bonds. The van der Waals surface area contributed by atoms with Crippen LogP contribution in [0.1, 0.15) is 18.1 Å². The van der Waals surface area contributed by atoms with Gasteiger partial charge in [0, 0.05) is 19.9 Å². The molecule has 0 aliphatic carbocycles. The summed E-state index contributed by atoms with van der Waals surface area (Å²) in [5, 5.41) is 6.19. The van der Waals surface area contributed by atoms with Gasteiger partial charge in [-0.1, -0.05) is 70.0 Å². The number of hydrogen-bond acceptors (Lipinski definition) is 6. The molecule has 0 saturated heterocycles. The highest BCUT2D eigenvalue weighted by Gasteiger charge is 2.19. The molecule has 0 spiro atoms. The lowest BCUT2D eigenvalue weighted by Crippen LogP contribution is -2.20. The summed E-state index contributed by atoms with van der Waals surface area (Å²) in [5.74, 6) is 1.53. The van der Waals surface area contributed by atoms with Crippen molar-refractivity contribution in [1.82, 2.24) is 9.66 Å². The van der Waals surface area contributed by atoms with Crippen molar-refractivity contribution in [1.29, 1.82) is 0 Å². The number of para-hydroxylation sites is 1. The quantitative estimate of drug-likeness (QED) is 0.148. The molecule has 0 aliphatic heterocycles. The van der Waals surface area contributed by atoms with Gasteiger partial charge < -0.3 is 13.9 Å². The average molecular weight is 708 g/mol. The van der Waals surface area contributed by atoms with Gasteiger partial charge in [0.1, 0.15) is 17.2 Å². The van der Waals surface area contributed by atoms with Gasteiger partial charge in [-0.3, -0.25) is 4.79 Å². The molecule has 210 valence electrons. The van der Waals surface area contributed by atoms with E-state index in [1.54, 1.807) is 24.3 Å². The summed E-state index contributed by atoms with van der Waals surface area (Å²) in [6.45, 7) is 2.59. The summed E-state index contributed by atoms with van der Waals surface area (Å²) < 4.78 is 20.7. The number of aromatic nitrogens is 2. The molecule has 0 atom stereocenters. The lowest BCUT2D eigenvalue weighted by molar-refractivity contribution is 0.269. The Morgan fingerprint density at radius 1 is 1.00 bits per heavy atom. The highest BCUT2D eigenvalue weighted by Crippen LogP contribution is 2.42. The Bertz CT molecular complexity index is 2020. The first kappa shape index (κ1) is 28.2. The Morgan fingerprint density at radius 3 is 2.60 bits per heavy atom. The van der Waals surface area contributed by atoms with Crippen LogP contribution in [0.25, 0.3) is 33.5 Å². The normalized spacial score (nSPS) is 11.5. The fraction of sp³-hybridized carbons (Fsp3) is 0.0938. The minimum Gasteiger partial charge on any atom is -0.490 e. The van der Waals surface area contributed by atoms with Crippen molar-refractivity contribution < 1.29 is 13.9 Å². The summed E-state index contributed by atoms with van der Waals surface area (Å²) >= 11 is 13.8. The van der Waals surface area contributed by atoms with Crippen LogP contribution in [0.5, 0.6) is 11.5 Å². The zero-order valence-electron chi connectivity index (χ0n) is 22.2. The summed E-state index contributed by atoms with van der Waals surface area (Å²) in [6.07, 6.45) is 1.53. The van der Waals surface area contributed by atoms with Gasteiger partial charge in [-0.2, -0.15) is 9.78 Å². The van der Waals surface area contributed by atoms with Crippen LogP contribution in [0.4, 0.5) is 0 Å². The summed E-state index contributed by atoms with van der Waals surface area (Å²) in [6, 6.07) is 26.2. The summed E-state index contributed by atoms with van der Waals surface area (Å²) in [5.41, 5.74) is 2.42. The third-order valence-corrected chi connectivity index (χ3v) is 8.38. The van der Waals surface area contributed by atoms with Gasteiger partial charge in [0.05, 0.1) is 23.7 Å². The molecule has 4 aromatic carbocycles. The molecule has 0 bridgehead atoms. The van der Waals surface area contributed by atoms with Gasteiger partial charge in [-0.05, 0) is 70.9 Å². The van der Waals surface area contributed by atoms with E-state index < -0.39 is 0 Å². The van der Waals surface area contributed by atoms with E-state index in [9.17, 15) is 4.79 Å². The fourth-order valence-corrected chi connectivity index (χ4v) is 5.49. The van der Waals surface area contributed by atoms with Gasteiger partial charge in [0.2, 0.25) is 5.82 Å². The zero-order chi connectivity index (χ0) is 29.2. The molecule has 0 fully saturated rings. The number of fused-ring (bicyclic) bond motifs is 2. The Kier molecular flexibility index (Phi) is 8.15. The van der Waals surface area contributed by atoms with Crippen molar-refractivity contribution in [2.75, 3.05) is 6.61 Å². The van der Waals surface area contributed by atoms with Crippen LogP contribution < -0.4 is 15.0 Å². The molecule has 0 unspecified atom stereocenters. The average Bonchev–Trinajstić information content (AvgIpc) is 3.42. The lowest BCUT2D eigenvalue weighted by atomic mass is 10.2. The lowest BCUT2D eigenvalue weighted by Gasteiger charge is -2.16. The number of ether oxygens (including phenoxy) is 2. The first-order chi connectivity index (χ1) is 20.4. The Hall–Kier alpha value is -3.92. The van der Waals surface area contributed by atoms with E-state index in [1.165, 1.54) is 10.9 Å². The molecule has 0 radical (unpaired) electrons. The van der Waals surface area contributed by atoms with Gasteiger partial charge in [0.15, 0.2) is 17.3 Å². The number of nitrogens with zero attached hydrogens (tertiary/aromatic N) is 3. The summed E-state index contributed by atoms with van der Waals surface area (Å²) in [4.78, 5) is 18.4. The minimum atomic E-state index is -0.344. The monoisotopic (exact) mass is 705 g/mol. The maximum absolute atomic E-state index is 13.7. The van der Waals surface area contributed by atoms with Crippen molar-refractivity contribution >= 4 is 71.5 Å². The smallest absolute Gasteiger partial charge is 0.282 e. The number of hydrogen-bond donors (Lipinski definition) is 0. The Labute approximate surface area is 262 Å². The molecule has 10 heteroatoms. The van der Waals surface area contributed by atoms with Gasteiger partial charge in [-0.25, -0.2) is 4.98 Å². The first-order valence-electron chi connectivity index (χ1n) is 13.0. The molecule has 0 saturated carbocycles. The molecule has 2 aromatic heterocycles. The second-order valence-electron chi connectivity index (χ2n) is 9.24. The van der Waals surface area contributed by atoms with Crippen LogP contribution >= 0.6 is 43.5 Å². The molecule has 0 N–H and O–H groups in total. The van der Waals surface area contributed by atoms with Crippen molar-refractivity contribution in [3.05, 3.63) is 120 Å². The van der Waals surface area contributed by atoms with E-state index in [0.717, 1.165) is 15.4 Å². The molecule has 0 aliphatic rings. The summed E-state index contributed by atoms with van der Waals surface area (Å²) in [7, 11) is 0. The maximum atomic E-state index is 13.7. The highest BCUT2D eigenvalue weighted by molar-refractivity contribution is 9.10. The zero-order valence-corrected chi connectivity index (χ0v) is 26.1. The van der Waals surface area contributed by atoms with Crippen LogP contribution in [-0.4, -0.2) is 22.5 Å². The topological polar surface area (TPSA) is 78.9 Å². The van der Waals surface area contributed by atoms with Crippen molar-refractivity contribution in [2.45, 2.75) is 13.5 Å². The Morgan fingerprint density at radius 2 is 1.79 bits per heavy atom. The van der Waals surface area contributed by atoms with E-state index in [4.69, 9.17) is 30.5 Å². The number of rotatable bonds is 8. The van der Waals surface area contributed by atoms with E-state index in [0.29, 0.717) is 62.0 Å². The minimum absolute atomic E-state index is 0.261. The van der Waals surface area contributed by atoms with Crippen molar-refractivity contribution in [3.63, 3.8) is 0 Å². The van der Waals surface area contributed by atoms with E-state index in [1.807, 2.05) is 67.6 Å². The SMILES string of the molecule is CCOc1cc(C=Nn2c(-c3cc4cc(Br)ccc4o3)nc3ccccc3c2=O)c(Br)c(Cl)c1OCc1ccccc1. The molecule has 6 aromatic rings. The predicted octanol–water partition coefficient (Wildman–Crippen LogP) is 8.85. The van der Waals surface area contributed by atoms with Crippen molar-refractivity contribution in [2.24, 2.45) is 5.10 Å². The molecule has 2 heterocycles. The van der Waals surface area contributed by atoms with Crippen LogP contribution in [0.15, 0.2) is 108 Å². The van der Waals surface area contributed by atoms with Gasteiger partial charge in [-0.15, -0.1) is 0 Å². The highest BCUT2D eigenvalue weighted by atomic mass is 79.9. The van der Waals surface area contributed by atoms with E-state index >= 15 is 0 Å². The van der Waals surface area contributed by atoms with Crippen LogP contribution in [0.3, 0.4) is 0 Å². The molecule has 6 rings (SSSR count). The van der Waals surface area contributed by atoms with Crippen LogP contribution in [0, 0.1) is 0 Å². The fourth-order valence-electron chi connectivity index (χ4n) is 4.46. The molecular weight excluding hydrogens is 686 g/mol. The van der Waals surface area contributed by atoms with Crippen LogP contribution in [0.2, 0.25) is 5.02 Å².